The van der Waals surface area contributed by atoms with E-state index >= 15 is 0 Å². The first-order chi connectivity index (χ1) is 12.1. The predicted octanol–water partition coefficient (Wildman–Crippen LogP) is 4.85. The third kappa shape index (κ3) is 3.87. The van der Waals surface area contributed by atoms with E-state index in [-0.39, 0.29) is 11.3 Å². The number of nitrogens with zero attached hydrogens (tertiary/aromatic N) is 1. The van der Waals surface area contributed by atoms with Crippen molar-refractivity contribution in [3.05, 3.63) is 76.3 Å². The number of aromatic hydroxyl groups is 1. The maximum atomic E-state index is 12.4. The zero-order valence-corrected chi connectivity index (χ0v) is 14.6. The number of benzene rings is 3. The monoisotopic (exact) mass is 392 g/mol. The Morgan fingerprint density at radius 1 is 1.08 bits per heavy atom. The summed E-state index contributed by atoms with van der Waals surface area (Å²) in [6, 6.07) is 20.0. The van der Waals surface area contributed by atoms with Gasteiger partial charge in [-0.1, -0.05) is 46.3 Å². The first-order valence-electron chi connectivity index (χ1n) is 7.47. The van der Waals surface area contributed by atoms with Crippen molar-refractivity contribution in [2.75, 3.05) is 5.32 Å². The van der Waals surface area contributed by atoms with E-state index in [0.29, 0.717) is 11.3 Å². The Balaban J connectivity index is 1.88. The Morgan fingerprint density at radius 3 is 2.60 bits per heavy atom. The summed E-state index contributed by atoms with van der Waals surface area (Å²) in [6.07, 6.45) is 1.36. The van der Waals surface area contributed by atoms with Crippen molar-refractivity contribution >= 4 is 44.4 Å². The number of phenolic OH excluding ortho intramolecular Hbond substituents is 1. The van der Waals surface area contributed by atoms with Gasteiger partial charge in [-0.25, -0.2) is 0 Å². The number of amides is 1. The zero-order chi connectivity index (χ0) is 17.8. The molecule has 0 aliphatic heterocycles. The molecule has 0 aliphatic carbocycles. The number of nitrogens with one attached hydrogen (secondary N) is 1. The molecule has 0 saturated heterocycles. The molecule has 0 bridgehead atoms. The van der Waals surface area contributed by atoms with Gasteiger partial charge in [-0.2, -0.15) is 5.26 Å². The molecule has 0 radical (unpaired) electrons. The number of fused-ring (bicyclic) bond motifs is 1. The molecule has 0 aliphatic rings. The maximum Gasteiger partial charge on any atom is 0.266 e. The first kappa shape index (κ1) is 16.7. The molecule has 2 N–H and O–H groups in total. The van der Waals surface area contributed by atoms with Gasteiger partial charge in [-0.05, 0) is 47.2 Å². The highest BCUT2D eigenvalue weighted by Gasteiger charge is 2.11. The van der Waals surface area contributed by atoms with Gasteiger partial charge in [-0.3, -0.25) is 4.79 Å². The second kappa shape index (κ2) is 7.20. The number of anilines is 1. The molecule has 3 aromatic carbocycles. The molecule has 0 aromatic heterocycles. The SMILES string of the molecule is N#C/C(=C\c1cc(Br)ccc1O)C(=O)Nc1ccc2ccccc2c1. The molecular formula is C20H13BrN2O2. The molecule has 0 spiro atoms. The third-order valence-corrected chi connectivity index (χ3v) is 4.16. The van der Waals surface area contributed by atoms with Gasteiger partial charge in [-0.15, -0.1) is 0 Å². The fourth-order valence-electron chi connectivity index (χ4n) is 2.41. The summed E-state index contributed by atoms with van der Waals surface area (Å²) in [5, 5.41) is 23.9. The number of hydrogen-bond donors (Lipinski definition) is 2. The summed E-state index contributed by atoms with van der Waals surface area (Å²) >= 11 is 3.30. The van der Waals surface area contributed by atoms with Crippen LogP contribution in [-0.2, 0) is 4.79 Å². The van der Waals surface area contributed by atoms with Gasteiger partial charge in [0.25, 0.3) is 5.91 Å². The molecule has 122 valence electrons. The fourth-order valence-corrected chi connectivity index (χ4v) is 2.79. The molecule has 5 heteroatoms. The summed E-state index contributed by atoms with van der Waals surface area (Å²) < 4.78 is 0.740. The summed E-state index contributed by atoms with van der Waals surface area (Å²) in [6.45, 7) is 0. The predicted molar refractivity (Wildman–Crippen MR) is 102 cm³/mol. The van der Waals surface area contributed by atoms with Gasteiger partial charge < -0.3 is 10.4 Å². The van der Waals surface area contributed by atoms with E-state index in [1.807, 2.05) is 42.5 Å². The topological polar surface area (TPSA) is 73.1 Å². The minimum absolute atomic E-state index is 0.00513. The van der Waals surface area contributed by atoms with Crippen molar-refractivity contribution in [3.8, 4) is 11.8 Å². The van der Waals surface area contributed by atoms with E-state index in [4.69, 9.17) is 0 Å². The molecular weight excluding hydrogens is 380 g/mol. The van der Waals surface area contributed by atoms with Gasteiger partial charge in [0.2, 0.25) is 0 Å². The Hall–Kier alpha value is -3.10. The highest BCUT2D eigenvalue weighted by molar-refractivity contribution is 9.10. The lowest BCUT2D eigenvalue weighted by Gasteiger charge is -2.06. The van der Waals surface area contributed by atoms with Crippen LogP contribution >= 0.6 is 15.9 Å². The molecule has 0 atom stereocenters. The maximum absolute atomic E-state index is 12.4. The number of phenols is 1. The molecule has 0 heterocycles. The molecule has 0 saturated carbocycles. The van der Waals surface area contributed by atoms with Crippen LogP contribution < -0.4 is 5.32 Å². The van der Waals surface area contributed by atoms with Crippen molar-refractivity contribution in [1.29, 1.82) is 5.26 Å². The van der Waals surface area contributed by atoms with Crippen molar-refractivity contribution in [1.82, 2.24) is 0 Å². The molecule has 1 amide bonds. The zero-order valence-electron chi connectivity index (χ0n) is 13.0. The van der Waals surface area contributed by atoms with Crippen LogP contribution in [0.15, 0.2) is 70.7 Å². The summed E-state index contributed by atoms with van der Waals surface area (Å²) in [4.78, 5) is 12.4. The quantitative estimate of drug-likeness (QED) is 0.493. The van der Waals surface area contributed by atoms with E-state index in [0.717, 1.165) is 15.2 Å². The lowest BCUT2D eigenvalue weighted by atomic mass is 10.1. The third-order valence-electron chi connectivity index (χ3n) is 3.66. The van der Waals surface area contributed by atoms with Crippen LogP contribution in [0.4, 0.5) is 5.69 Å². The van der Waals surface area contributed by atoms with Crippen LogP contribution in [-0.4, -0.2) is 11.0 Å². The summed E-state index contributed by atoms with van der Waals surface area (Å²) in [7, 11) is 0. The number of rotatable bonds is 3. The van der Waals surface area contributed by atoms with Crippen molar-refractivity contribution < 1.29 is 9.90 Å². The number of nitriles is 1. The van der Waals surface area contributed by atoms with E-state index in [1.54, 1.807) is 18.2 Å². The average molecular weight is 393 g/mol. The summed E-state index contributed by atoms with van der Waals surface area (Å²) in [5.41, 5.74) is 0.893. The van der Waals surface area contributed by atoms with Gasteiger partial charge >= 0.3 is 0 Å². The van der Waals surface area contributed by atoms with Crippen LogP contribution in [0.1, 0.15) is 5.56 Å². The molecule has 3 rings (SSSR count). The van der Waals surface area contributed by atoms with Gasteiger partial charge in [0.05, 0.1) is 0 Å². The van der Waals surface area contributed by atoms with Crippen molar-refractivity contribution in [2.24, 2.45) is 0 Å². The minimum atomic E-state index is -0.530. The van der Waals surface area contributed by atoms with E-state index < -0.39 is 5.91 Å². The van der Waals surface area contributed by atoms with Crippen molar-refractivity contribution in [3.63, 3.8) is 0 Å². The Morgan fingerprint density at radius 2 is 1.84 bits per heavy atom. The lowest BCUT2D eigenvalue weighted by Crippen LogP contribution is -2.13. The lowest BCUT2D eigenvalue weighted by molar-refractivity contribution is -0.112. The number of halogens is 1. The Labute approximate surface area is 153 Å². The van der Waals surface area contributed by atoms with Crippen LogP contribution in [0.2, 0.25) is 0 Å². The molecule has 0 unspecified atom stereocenters. The van der Waals surface area contributed by atoms with Crippen LogP contribution in [0.3, 0.4) is 0 Å². The highest BCUT2D eigenvalue weighted by atomic mass is 79.9. The number of carbonyl (C=O) groups is 1. The van der Waals surface area contributed by atoms with Crippen molar-refractivity contribution in [2.45, 2.75) is 0 Å². The molecule has 0 fully saturated rings. The van der Waals surface area contributed by atoms with Crippen LogP contribution in [0.5, 0.6) is 5.75 Å². The summed E-state index contributed by atoms with van der Waals surface area (Å²) in [5.74, 6) is -0.536. The molecule has 25 heavy (non-hydrogen) atoms. The largest absolute Gasteiger partial charge is 0.507 e. The highest BCUT2D eigenvalue weighted by Crippen LogP contribution is 2.25. The van der Waals surface area contributed by atoms with E-state index in [9.17, 15) is 15.2 Å². The standard InChI is InChI=1S/C20H13BrN2O2/c21-17-6-8-19(24)15(10-17)9-16(12-22)20(25)23-18-7-5-13-3-1-2-4-14(13)11-18/h1-11,24H,(H,23,25)/b16-9+. The second-order valence-corrected chi connectivity index (χ2v) is 6.30. The number of carbonyl (C=O) groups excluding carboxylic acids is 1. The van der Waals surface area contributed by atoms with Crippen LogP contribution in [0.25, 0.3) is 16.8 Å². The second-order valence-electron chi connectivity index (χ2n) is 5.39. The van der Waals surface area contributed by atoms with E-state index in [1.165, 1.54) is 12.1 Å². The molecule has 4 nitrogen and oxygen atoms in total. The minimum Gasteiger partial charge on any atom is -0.507 e. The normalized spacial score (nSPS) is 11.1. The Kier molecular flexibility index (Phi) is 4.82. The smallest absolute Gasteiger partial charge is 0.266 e. The van der Waals surface area contributed by atoms with E-state index in [2.05, 4.69) is 21.2 Å². The van der Waals surface area contributed by atoms with Gasteiger partial charge in [0.15, 0.2) is 0 Å². The van der Waals surface area contributed by atoms with Gasteiger partial charge in [0.1, 0.15) is 17.4 Å². The Bertz CT molecular complexity index is 1040. The molecule has 3 aromatic rings. The van der Waals surface area contributed by atoms with Crippen LogP contribution in [0, 0.1) is 11.3 Å². The first-order valence-corrected chi connectivity index (χ1v) is 8.26. The fraction of sp³-hybridized carbons (Fsp3) is 0. The number of hydrogen-bond acceptors (Lipinski definition) is 3. The van der Waals surface area contributed by atoms with Gasteiger partial charge in [0, 0.05) is 15.7 Å². The average Bonchev–Trinajstić information content (AvgIpc) is 2.62.